The summed E-state index contributed by atoms with van der Waals surface area (Å²) in [6, 6.07) is 10.1. The SMILES string of the molecule is COc1cc(I)c(Cl)cc1C(=O)Nc1c(C(N)=O)oc2ccccc12. The van der Waals surface area contributed by atoms with Crippen molar-refractivity contribution in [2.24, 2.45) is 5.73 Å². The first-order valence-electron chi connectivity index (χ1n) is 7.08. The molecule has 0 spiro atoms. The van der Waals surface area contributed by atoms with Gasteiger partial charge < -0.3 is 20.2 Å². The van der Waals surface area contributed by atoms with Crippen LogP contribution >= 0.6 is 34.2 Å². The molecule has 0 aliphatic carbocycles. The lowest BCUT2D eigenvalue weighted by molar-refractivity contribution is 0.0977. The molecule has 2 aromatic carbocycles. The second-order valence-electron chi connectivity index (χ2n) is 5.09. The van der Waals surface area contributed by atoms with Gasteiger partial charge in [0.2, 0.25) is 5.76 Å². The molecule has 2 amide bonds. The zero-order chi connectivity index (χ0) is 18.1. The summed E-state index contributed by atoms with van der Waals surface area (Å²) in [5.41, 5.74) is 6.25. The minimum Gasteiger partial charge on any atom is -0.496 e. The Kier molecular flexibility index (Phi) is 4.87. The minimum absolute atomic E-state index is 0.120. The van der Waals surface area contributed by atoms with Crippen molar-refractivity contribution < 1.29 is 18.7 Å². The van der Waals surface area contributed by atoms with E-state index in [9.17, 15) is 9.59 Å². The molecule has 1 heterocycles. The van der Waals surface area contributed by atoms with Crippen molar-refractivity contribution in [1.82, 2.24) is 0 Å². The predicted octanol–water partition coefficient (Wildman–Crippen LogP) is 4.05. The Labute approximate surface area is 161 Å². The van der Waals surface area contributed by atoms with Gasteiger partial charge >= 0.3 is 0 Å². The number of amides is 2. The summed E-state index contributed by atoms with van der Waals surface area (Å²) in [6.07, 6.45) is 0. The third-order valence-corrected chi connectivity index (χ3v) is 5.07. The normalized spacial score (nSPS) is 10.7. The highest BCUT2D eigenvalue weighted by Crippen LogP contribution is 2.33. The van der Waals surface area contributed by atoms with Crippen molar-refractivity contribution in [3.63, 3.8) is 0 Å². The fourth-order valence-corrected chi connectivity index (χ4v) is 3.00. The van der Waals surface area contributed by atoms with Crippen LogP contribution in [0, 0.1) is 3.57 Å². The minimum atomic E-state index is -0.779. The Balaban J connectivity index is 2.08. The number of rotatable bonds is 4. The Hall–Kier alpha value is -2.26. The van der Waals surface area contributed by atoms with E-state index in [2.05, 4.69) is 5.32 Å². The van der Waals surface area contributed by atoms with E-state index in [4.69, 9.17) is 26.5 Å². The first kappa shape index (κ1) is 17.6. The number of halogens is 2. The number of methoxy groups -OCH3 is 1. The largest absolute Gasteiger partial charge is 0.496 e. The molecule has 6 nitrogen and oxygen atoms in total. The monoisotopic (exact) mass is 470 g/mol. The molecular formula is C17H12ClIN2O4. The molecule has 3 N–H and O–H groups in total. The molecule has 0 unspecified atom stereocenters. The van der Waals surface area contributed by atoms with Crippen LogP contribution < -0.4 is 15.8 Å². The summed E-state index contributed by atoms with van der Waals surface area (Å²) in [4.78, 5) is 24.4. The van der Waals surface area contributed by atoms with Gasteiger partial charge in [-0.2, -0.15) is 0 Å². The van der Waals surface area contributed by atoms with Crippen molar-refractivity contribution in [1.29, 1.82) is 0 Å². The molecule has 3 rings (SSSR count). The topological polar surface area (TPSA) is 94.6 Å². The van der Waals surface area contributed by atoms with Crippen molar-refractivity contribution in [2.45, 2.75) is 0 Å². The lowest BCUT2D eigenvalue weighted by Gasteiger charge is -2.11. The Bertz CT molecular complexity index is 1000. The number of anilines is 1. The highest BCUT2D eigenvalue weighted by molar-refractivity contribution is 14.1. The van der Waals surface area contributed by atoms with Crippen LogP contribution in [0.1, 0.15) is 20.9 Å². The number of hydrogen-bond donors (Lipinski definition) is 2. The summed E-state index contributed by atoms with van der Waals surface area (Å²) in [5, 5.41) is 3.66. The number of nitrogens with two attached hydrogens (primary N) is 1. The van der Waals surface area contributed by atoms with Gasteiger partial charge in [0, 0.05) is 8.96 Å². The fraction of sp³-hybridized carbons (Fsp3) is 0.0588. The molecule has 0 aliphatic rings. The second kappa shape index (κ2) is 6.93. The van der Waals surface area contributed by atoms with Crippen LogP contribution in [0.5, 0.6) is 5.75 Å². The van der Waals surface area contributed by atoms with Crippen LogP contribution in [0.15, 0.2) is 40.8 Å². The molecule has 0 bridgehead atoms. The quantitative estimate of drug-likeness (QED) is 0.563. The summed E-state index contributed by atoms with van der Waals surface area (Å²) in [7, 11) is 1.46. The Morgan fingerprint density at radius 2 is 2.00 bits per heavy atom. The van der Waals surface area contributed by atoms with Crippen LogP contribution in [-0.4, -0.2) is 18.9 Å². The van der Waals surface area contributed by atoms with E-state index in [1.165, 1.54) is 13.2 Å². The Morgan fingerprint density at radius 3 is 2.68 bits per heavy atom. The first-order chi connectivity index (χ1) is 11.9. The van der Waals surface area contributed by atoms with Crippen molar-refractivity contribution in [3.05, 3.63) is 56.3 Å². The van der Waals surface area contributed by atoms with Gasteiger partial charge in [-0.25, -0.2) is 0 Å². The zero-order valence-corrected chi connectivity index (χ0v) is 15.8. The molecule has 8 heteroatoms. The number of benzene rings is 2. The van der Waals surface area contributed by atoms with Crippen molar-refractivity contribution in [3.8, 4) is 5.75 Å². The molecular weight excluding hydrogens is 459 g/mol. The predicted molar refractivity (Wildman–Crippen MR) is 103 cm³/mol. The average Bonchev–Trinajstić information content (AvgIpc) is 2.96. The standard InChI is InChI=1S/C17H12ClIN2O4/c1-24-13-7-11(19)10(18)6-9(13)17(23)21-14-8-4-2-3-5-12(8)25-15(14)16(20)22/h2-7H,1H3,(H2,20,22)(H,21,23). The van der Waals surface area contributed by atoms with Gasteiger partial charge in [-0.3, -0.25) is 9.59 Å². The van der Waals surface area contributed by atoms with Crippen LogP contribution in [-0.2, 0) is 0 Å². The van der Waals surface area contributed by atoms with Crippen molar-refractivity contribution in [2.75, 3.05) is 12.4 Å². The number of ether oxygens (including phenoxy) is 1. The maximum atomic E-state index is 12.7. The van der Waals surface area contributed by atoms with Crippen LogP contribution in [0.3, 0.4) is 0 Å². The lowest BCUT2D eigenvalue weighted by atomic mass is 10.1. The molecule has 128 valence electrons. The van der Waals surface area contributed by atoms with Gasteiger partial charge in [-0.15, -0.1) is 0 Å². The van der Waals surface area contributed by atoms with Crippen LogP contribution in [0.4, 0.5) is 5.69 Å². The highest BCUT2D eigenvalue weighted by atomic mass is 127. The smallest absolute Gasteiger partial charge is 0.286 e. The van der Waals surface area contributed by atoms with Crippen LogP contribution in [0.25, 0.3) is 11.0 Å². The van der Waals surface area contributed by atoms with E-state index in [-0.39, 0.29) is 17.0 Å². The summed E-state index contributed by atoms with van der Waals surface area (Å²) in [6.45, 7) is 0. The first-order valence-corrected chi connectivity index (χ1v) is 8.53. The van der Waals surface area contributed by atoms with E-state index in [1.54, 1.807) is 30.3 Å². The zero-order valence-electron chi connectivity index (χ0n) is 12.9. The number of carbonyl (C=O) groups excluding carboxylic acids is 2. The van der Waals surface area contributed by atoms with Gasteiger partial charge in [-0.1, -0.05) is 23.7 Å². The van der Waals surface area contributed by atoms with E-state index < -0.39 is 11.8 Å². The van der Waals surface area contributed by atoms with Crippen molar-refractivity contribution >= 4 is 62.7 Å². The molecule has 25 heavy (non-hydrogen) atoms. The molecule has 0 aliphatic heterocycles. The third kappa shape index (κ3) is 3.29. The molecule has 0 saturated heterocycles. The highest BCUT2D eigenvalue weighted by Gasteiger charge is 2.22. The molecule has 0 saturated carbocycles. The number of furan rings is 1. The molecule has 0 radical (unpaired) electrons. The molecule has 1 aromatic heterocycles. The van der Waals surface area contributed by atoms with E-state index in [1.807, 2.05) is 22.6 Å². The van der Waals surface area contributed by atoms with E-state index >= 15 is 0 Å². The van der Waals surface area contributed by atoms with Gasteiger partial charge in [0.25, 0.3) is 11.8 Å². The number of hydrogen-bond acceptors (Lipinski definition) is 4. The van der Waals surface area contributed by atoms with Gasteiger partial charge in [-0.05, 0) is 46.9 Å². The third-order valence-electron chi connectivity index (χ3n) is 3.54. The van der Waals surface area contributed by atoms with Gasteiger partial charge in [0.05, 0.1) is 17.7 Å². The fourth-order valence-electron chi connectivity index (χ4n) is 2.40. The van der Waals surface area contributed by atoms with E-state index in [0.29, 0.717) is 21.7 Å². The van der Waals surface area contributed by atoms with Gasteiger partial charge in [0.1, 0.15) is 17.0 Å². The van der Waals surface area contributed by atoms with Gasteiger partial charge in [0.15, 0.2) is 0 Å². The van der Waals surface area contributed by atoms with E-state index in [0.717, 1.165) is 3.57 Å². The summed E-state index contributed by atoms with van der Waals surface area (Å²) >= 11 is 8.15. The van der Waals surface area contributed by atoms with Crippen LogP contribution in [0.2, 0.25) is 5.02 Å². The average molecular weight is 471 g/mol. The number of primary amides is 1. The number of fused-ring (bicyclic) bond motifs is 1. The summed E-state index contributed by atoms with van der Waals surface area (Å²) < 4.78 is 11.4. The maximum absolute atomic E-state index is 12.7. The Morgan fingerprint density at radius 1 is 1.28 bits per heavy atom. The lowest BCUT2D eigenvalue weighted by Crippen LogP contribution is -2.17. The summed E-state index contributed by atoms with van der Waals surface area (Å²) in [5.74, 6) is -1.03. The second-order valence-corrected chi connectivity index (χ2v) is 6.66. The molecule has 0 atom stereocenters. The number of carbonyl (C=O) groups is 2. The molecule has 0 fully saturated rings. The number of nitrogens with one attached hydrogen (secondary N) is 1. The number of para-hydroxylation sites is 1. The maximum Gasteiger partial charge on any atom is 0.286 e. The molecule has 3 aromatic rings.